The number of benzene rings is 2. The predicted octanol–water partition coefficient (Wildman–Crippen LogP) is 5.90. The lowest BCUT2D eigenvalue weighted by atomic mass is 9.90. The van der Waals surface area contributed by atoms with Gasteiger partial charge >= 0.3 is 12.3 Å². The molecule has 1 spiro atoms. The molecule has 0 N–H and O–H groups in total. The van der Waals surface area contributed by atoms with Gasteiger partial charge in [-0.2, -0.15) is 17.6 Å². The summed E-state index contributed by atoms with van der Waals surface area (Å²) in [4.78, 5) is 19.9. The number of anilines is 1. The van der Waals surface area contributed by atoms with E-state index in [1.165, 1.54) is 24.4 Å². The zero-order valence-electron chi connectivity index (χ0n) is 18.8. The summed E-state index contributed by atoms with van der Waals surface area (Å²) < 4.78 is 59.3. The van der Waals surface area contributed by atoms with Crippen molar-refractivity contribution in [1.29, 1.82) is 0 Å². The lowest BCUT2D eigenvalue weighted by molar-refractivity contribution is -0.137. The Morgan fingerprint density at radius 3 is 2.40 bits per heavy atom. The molecule has 182 valence electrons. The lowest BCUT2D eigenvalue weighted by Gasteiger charge is -2.37. The molecule has 0 atom stereocenters. The molecule has 2 fully saturated rings. The molecule has 5 nitrogen and oxygen atoms in total. The zero-order valence-corrected chi connectivity index (χ0v) is 18.8. The monoisotopic (exact) mass is 485 g/mol. The molecule has 0 aliphatic carbocycles. The summed E-state index contributed by atoms with van der Waals surface area (Å²) in [7, 11) is 0. The number of halogens is 4. The second-order valence-corrected chi connectivity index (χ2v) is 8.99. The average Bonchev–Trinajstić information content (AvgIpc) is 3.17. The maximum absolute atomic E-state index is 13.4. The molecule has 0 radical (unpaired) electrons. The Morgan fingerprint density at radius 1 is 1.00 bits per heavy atom. The first-order valence-electron chi connectivity index (χ1n) is 11.3. The standard InChI is InChI=1S/C26H23F4N3O2/c27-23-9-6-18(15-31-23)22-8-7-20(26(28,29)30)14-19(22)16-32-12-10-25(11-13-32)17-33(24(34)35-25)21-4-2-1-3-5-21/h1-9,14-15H,10-13,16-17H2. The van der Waals surface area contributed by atoms with Gasteiger partial charge in [-0.05, 0) is 47.5 Å². The fraction of sp³-hybridized carbons (Fsp3) is 0.308. The van der Waals surface area contributed by atoms with Gasteiger partial charge in [0.15, 0.2) is 0 Å². The van der Waals surface area contributed by atoms with Gasteiger partial charge in [0.2, 0.25) is 5.95 Å². The highest BCUT2D eigenvalue weighted by atomic mass is 19.4. The molecule has 1 amide bonds. The van der Waals surface area contributed by atoms with Crippen LogP contribution in [-0.4, -0.2) is 41.2 Å². The normalized spacial score (nSPS) is 18.2. The van der Waals surface area contributed by atoms with Crippen molar-refractivity contribution < 1.29 is 27.1 Å². The van der Waals surface area contributed by atoms with Gasteiger partial charge in [0.25, 0.3) is 0 Å². The quantitative estimate of drug-likeness (QED) is 0.341. The Morgan fingerprint density at radius 2 is 1.74 bits per heavy atom. The minimum atomic E-state index is -4.47. The summed E-state index contributed by atoms with van der Waals surface area (Å²) in [5, 5.41) is 0. The van der Waals surface area contributed by atoms with Crippen molar-refractivity contribution in [2.45, 2.75) is 31.2 Å². The number of ether oxygens (including phenoxy) is 1. The Hall–Kier alpha value is -3.46. The van der Waals surface area contributed by atoms with Crippen LogP contribution in [0.3, 0.4) is 0 Å². The number of alkyl halides is 3. The highest BCUT2D eigenvalue weighted by Crippen LogP contribution is 2.38. The van der Waals surface area contributed by atoms with E-state index in [0.29, 0.717) is 49.2 Å². The number of piperidine rings is 1. The number of aromatic nitrogens is 1. The second kappa shape index (κ2) is 8.96. The number of carbonyl (C=O) groups excluding carboxylic acids is 1. The van der Waals surface area contributed by atoms with Gasteiger partial charge in [-0.1, -0.05) is 24.3 Å². The topological polar surface area (TPSA) is 45.7 Å². The third kappa shape index (κ3) is 4.86. The Bertz CT molecular complexity index is 1210. The summed E-state index contributed by atoms with van der Waals surface area (Å²) in [6.45, 7) is 1.85. The van der Waals surface area contributed by atoms with Crippen molar-refractivity contribution in [2.24, 2.45) is 0 Å². The summed E-state index contributed by atoms with van der Waals surface area (Å²) in [6.07, 6.45) is -2.38. The summed E-state index contributed by atoms with van der Waals surface area (Å²) in [6, 6.07) is 15.6. The summed E-state index contributed by atoms with van der Waals surface area (Å²) in [5.41, 5.74) is 1.04. The number of likely N-dealkylation sites (tertiary alicyclic amines) is 1. The van der Waals surface area contributed by atoms with Crippen LogP contribution < -0.4 is 4.90 Å². The minimum absolute atomic E-state index is 0.281. The molecule has 2 aromatic carbocycles. The summed E-state index contributed by atoms with van der Waals surface area (Å²) >= 11 is 0. The van der Waals surface area contributed by atoms with Crippen LogP contribution in [0.5, 0.6) is 0 Å². The zero-order chi connectivity index (χ0) is 24.6. The SMILES string of the molecule is O=C1OC2(CCN(Cc3cc(C(F)(F)F)ccc3-c3ccc(F)nc3)CC2)CN1c1ccccc1. The Labute approximate surface area is 199 Å². The molecule has 0 saturated carbocycles. The van der Waals surface area contributed by atoms with Gasteiger partial charge in [0.1, 0.15) is 5.60 Å². The fourth-order valence-corrected chi connectivity index (χ4v) is 4.77. The van der Waals surface area contributed by atoms with E-state index in [-0.39, 0.29) is 12.6 Å². The van der Waals surface area contributed by atoms with Crippen LogP contribution in [0.2, 0.25) is 0 Å². The third-order valence-corrected chi connectivity index (χ3v) is 6.67. The number of para-hydroxylation sites is 1. The van der Waals surface area contributed by atoms with E-state index in [1.54, 1.807) is 4.90 Å². The van der Waals surface area contributed by atoms with E-state index in [9.17, 15) is 22.4 Å². The lowest BCUT2D eigenvalue weighted by Crippen LogP contribution is -2.46. The molecule has 3 aromatic rings. The molecule has 2 saturated heterocycles. The van der Waals surface area contributed by atoms with Gasteiger partial charge in [0, 0.05) is 49.9 Å². The number of hydrogen-bond acceptors (Lipinski definition) is 4. The first kappa shape index (κ1) is 23.3. The van der Waals surface area contributed by atoms with E-state index in [4.69, 9.17) is 4.74 Å². The van der Waals surface area contributed by atoms with E-state index in [0.717, 1.165) is 17.8 Å². The van der Waals surface area contributed by atoms with E-state index in [1.807, 2.05) is 30.3 Å². The van der Waals surface area contributed by atoms with Crippen molar-refractivity contribution in [3.05, 3.63) is 83.9 Å². The highest BCUT2D eigenvalue weighted by Gasteiger charge is 2.47. The predicted molar refractivity (Wildman–Crippen MR) is 122 cm³/mol. The molecule has 3 heterocycles. The third-order valence-electron chi connectivity index (χ3n) is 6.67. The molecule has 9 heteroatoms. The molecule has 0 bridgehead atoms. The Balaban J connectivity index is 1.33. The Kier molecular flexibility index (Phi) is 5.96. The maximum atomic E-state index is 13.4. The molecule has 1 aromatic heterocycles. The number of nitrogens with zero attached hydrogens (tertiary/aromatic N) is 3. The minimum Gasteiger partial charge on any atom is -0.441 e. The van der Waals surface area contributed by atoms with E-state index < -0.39 is 23.3 Å². The van der Waals surface area contributed by atoms with Gasteiger partial charge in [-0.3, -0.25) is 9.80 Å². The van der Waals surface area contributed by atoms with E-state index >= 15 is 0 Å². The van der Waals surface area contributed by atoms with Crippen molar-refractivity contribution in [1.82, 2.24) is 9.88 Å². The largest absolute Gasteiger partial charge is 0.441 e. The van der Waals surface area contributed by atoms with Crippen LogP contribution in [0, 0.1) is 5.95 Å². The van der Waals surface area contributed by atoms with Gasteiger partial charge in [0.05, 0.1) is 12.1 Å². The first-order valence-corrected chi connectivity index (χ1v) is 11.3. The van der Waals surface area contributed by atoms with Crippen molar-refractivity contribution in [3.63, 3.8) is 0 Å². The number of hydrogen-bond donors (Lipinski definition) is 0. The number of rotatable bonds is 4. The van der Waals surface area contributed by atoms with Crippen LogP contribution >= 0.6 is 0 Å². The van der Waals surface area contributed by atoms with Crippen molar-refractivity contribution >= 4 is 11.8 Å². The second-order valence-electron chi connectivity index (χ2n) is 8.99. The average molecular weight is 485 g/mol. The highest BCUT2D eigenvalue weighted by molar-refractivity contribution is 5.90. The smallest absolute Gasteiger partial charge is 0.416 e. The molecule has 5 rings (SSSR count). The molecular formula is C26H23F4N3O2. The van der Waals surface area contributed by atoms with Crippen LogP contribution in [0.1, 0.15) is 24.0 Å². The van der Waals surface area contributed by atoms with Crippen LogP contribution in [0.15, 0.2) is 66.9 Å². The van der Waals surface area contributed by atoms with Crippen molar-refractivity contribution in [3.8, 4) is 11.1 Å². The number of carbonyl (C=O) groups is 1. The number of pyridine rings is 1. The molecule has 0 unspecified atom stereocenters. The number of amides is 1. The summed E-state index contributed by atoms with van der Waals surface area (Å²) in [5.74, 6) is -0.654. The fourth-order valence-electron chi connectivity index (χ4n) is 4.77. The molecule has 2 aliphatic heterocycles. The molecule has 2 aliphatic rings. The molecular weight excluding hydrogens is 462 g/mol. The van der Waals surface area contributed by atoms with Gasteiger partial charge in [-0.15, -0.1) is 0 Å². The van der Waals surface area contributed by atoms with Gasteiger partial charge in [-0.25, -0.2) is 9.78 Å². The first-order chi connectivity index (χ1) is 16.7. The van der Waals surface area contributed by atoms with E-state index in [2.05, 4.69) is 9.88 Å². The van der Waals surface area contributed by atoms with Crippen molar-refractivity contribution in [2.75, 3.05) is 24.5 Å². The van der Waals surface area contributed by atoms with Crippen LogP contribution in [-0.2, 0) is 17.5 Å². The van der Waals surface area contributed by atoms with Crippen LogP contribution in [0.4, 0.5) is 28.0 Å². The van der Waals surface area contributed by atoms with Crippen LogP contribution in [0.25, 0.3) is 11.1 Å². The maximum Gasteiger partial charge on any atom is 0.416 e. The molecule has 35 heavy (non-hydrogen) atoms. The van der Waals surface area contributed by atoms with Gasteiger partial charge < -0.3 is 4.74 Å².